The first kappa shape index (κ1) is 14.1. The summed E-state index contributed by atoms with van der Waals surface area (Å²) in [4.78, 5) is 11.3. The van der Waals surface area contributed by atoms with E-state index in [1.54, 1.807) is 18.2 Å². The summed E-state index contributed by atoms with van der Waals surface area (Å²) in [6, 6.07) is 16.8. The number of hydrogen-bond donors (Lipinski definition) is 0. The maximum Gasteiger partial charge on any atom is 0.337 e. The fourth-order valence-corrected chi connectivity index (χ4v) is 1.65. The van der Waals surface area contributed by atoms with Crippen molar-refractivity contribution in [3.8, 4) is 11.5 Å². The van der Waals surface area contributed by atoms with Crippen molar-refractivity contribution in [3.05, 3.63) is 60.2 Å². The molecule has 0 aliphatic heterocycles. The van der Waals surface area contributed by atoms with E-state index < -0.39 is 5.97 Å². The van der Waals surface area contributed by atoms with Gasteiger partial charge in [-0.15, -0.1) is 0 Å². The Kier molecular flexibility index (Phi) is 5.15. The summed E-state index contributed by atoms with van der Waals surface area (Å²) >= 11 is 0. The molecule has 2 aromatic rings. The number of rotatable bonds is 6. The first-order valence-corrected chi connectivity index (χ1v) is 6.24. The zero-order valence-electron chi connectivity index (χ0n) is 11.2. The molecule has 20 heavy (non-hydrogen) atoms. The first-order chi connectivity index (χ1) is 9.78. The van der Waals surface area contributed by atoms with Gasteiger partial charge in [0.15, 0.2) is 0 Å². The van der Waals surface area contributed by atoms with Gasteiger partial charge in [0.1, 0.15) is 24.7 Å². The molecule has 0 aromatic heterocycles. The Morgan fingerprint density at radius 1 is 1.00 bits per heavy atom. The third-order valence-corrected chi connectivity index (χ3v) is 2.55. The molecule has 0 fully saturated rings. The van der Waals surface area contributed by atoms with Gasteiger partial charge in [-0.05, 0) is 17.7 Å². The van der Waals surface area contributed by atoms with E-state index in [-0.39, 0.29) is 6.61 Å². The minimum Gasteiger partial charge on any atom is -0.489 e. The molecule has 0 spiro atoms. The second-order valence-electron chi connectivity index (χ2n) is 4.16. The van der Waals surface area contributed by atoms with Gasteiger partial charge >= 0.3 is 5.97 Å². The zero-order valence-corrected chi connectivity index (χ0v) is 11.2. The van der Waals surface area contributed by atoms with E-state index in [1.807, 2.05) is 36.4 Å². The van der Waals surface area contributed by atoms with Crippen LogP contribution < -0.4 is 9.47 Å². The van der Waals surface area contributed by atoms with E-state index in [4.69, 9.17) is 14.2 Å². The fraction of sp³-hybridized carbons (Fsp3) is 0.188. The molecule has 104 valence electrons. The van der Waals surface area contributed by atoms with Gasteiger partial charge in [-0.3, -0.25) is 0 Å². The molecular weight excluding hydrogens is 256 g/mol. The normalized spacial score (nSPS) is 10.1. The van der Waals surface area contributed by atoms with Crippen molar-refractivity contribution in [2.24, 2.45) is 0 Å². The van der Waals surface area contributed by atoms with Crippen molar-refractivity contribution in [3.63, 3.8) is 0 Å². The second kappa shape index (κ2) is 7.31. The number of methoxy groups -OCH3 is 1. The smallest absolute Gasteiger partial charge is 0.337 e. The highest BCUT2D eigenvalue weighted by atomic mass is 16.6. The van der Waals surface area contributed by atoms with Gasteiger partial charge in [0.25, 0.3) is 0 Å². The average Bonchev–Trinajstić information content (AvgIpc) is 2.47. The Morgan fingerprint density at radius 3 is 2.50 bits per heavy atom. The summed E-state index contributed by atoms with van der Waals surface area (Å²) < 4.78 is 15.5. The topological polar surface area (TPSA) is 44.8 Å². The highest BCUT2D eigenvalue weighted by Crippen LogP contribution is 2.20. The van der Waals surface area contributed by atoms with Crippen molar-refractivity contribution in [2.45, 2.75) is 6.61 Å². The molecule has 0 heterocycles. The zero-order chi connectivity index (χ0) is 14.2. The number of benzene rings is 2. The van der Waals surface area contributed by atoms with Crippen LogP contribution in [-0.4, -0.2) is 19.7 Å². The number of hydrogen-bond acceptors (Lipinski definition) is 4. The molecule has 0 radical (unpaired) electrons. The first-order valence-electron chi connectivity index (χ1n) is 6.24. The van der Waals surface area contributed by atoms with Crippen LogP contribution >= 0.6 is 0 Å². The molecular formula is C16H16O4. The Hall–Kier alpha value is -2.33. The van der Waals surface area contributed by atoms with Crippen LogP contribution in [0.1, 0.15) is 5.56 Å². The van der Waals surface area contributed by atoms with E-state index in [1.165, 1.54) is 7.11 Å². The summed E-state index contributed by atoms with van der Waals surface area (Å²) in [5.41, 5.74) is 1.08. The summed E-state index contributed by atoms with van der Waals surface area (Å²) in [6.07, 6.45) is 0. The van der Waals surface area contributed by atoms with Crippen LogP contribution in [0.15, 0.2) is 54.6 Å². The molecule has 0 saturated heterocycles. The van der Waals surface area contributed by atoms with E-state index in [0.29, 0.717) is 18.1 Å². The molecule has 2 rings (SSSR count). The van der Waals surface area contributed by atoms with E-state index >= 15 is 0 Å². The Morgan fingerprint density at radius 2 is 1.75 bits per heavy atom. The standard InChI is InChI=1S/C16H16O4/c1-18-12-16(17)20-15-9-5-8-14(10-15)19-11-13-6-3-2-4-7-13/h2-10H,11-12H2,1H3. The average molecular weight is 272 g/mol. The lowest BCUT2D eigenvalue weighted by atomic mass is 10.2. The van der Waals surface area contributed by atoms with Crippen LogP contribution in [0.3, 0.4) is 0 Å². The minimum absolute atomic E-state index is 0.0743. The number of carbonyl (C=O) groups excluding carboxylic acids is 1. The van der Waals surface area contributed by atoms with Gasteiger partial charge in [0, 0.05) is 13.2 Å². The van der Waals surface area contributed by atoms with Crippen molar-refractivity contribution >= 4 is 5.97 Å². The molecule has 0 aliphatic rings. The van der Waals surface area contributed by atoms with E-state index in [2.05, 4.69) is 0 Å². The molecule has 4 nitrogen and oxygen atoms in total. The summed E-state index contributed by atoms with van der Waals surface area (Å²) in [6.45, 7) is 0.394. The van der Waals surface area contributed by atoms with Crippen LogP contribution in [0.5, 0.6) is 11.5 Å². The van der Waals surface area contributed by atoms with Crippen LogP contribution in [0.4, 0.5) is 0 Å². The Balaban J connectivity index is 1.94. The molecule has 0 atom stereocenters. The van der Waals surface area contributed by atoms with E-state index in [9.17, 15) is 4.79 Å². The minimum atomic E-state index is -0.437. The SMILES string of the molecule is COCC(=O)Oc1cccc(OCc2ccccc2)c1. The number of esters is 1. The lowest BCUT2D eigenvalue weighted by Gasteiger charge is -2.08. The van der Waals surface area contributed by atoms with Crippen molar-refractivity contribution in [1.29, 1.82) is 0 Å². The molecule has 0 amide bonds. The van der Waals surface area contributed by atoms with Gasteiger partial charge in [0.2, 0.25) is 0 Å². The molecule has 4 heteroatoms. The van der Waals surface area contributed by atoms with E-state index in [0.717, 1.165) is 5.56 Å². The predicted molar refractivity (Wildman–Crippen MR) is 74.7 cm³/mol. The molecule has 0 unspecified atom stereocenters. The molecule has 0 N–H and O–H groups in total. The Bertz CT molecular complexity index is 551. The second-order valence-corrected chi connectivity index (χ2v) is 4.16. The summed E-state index contributed by atoms with van der Waals surface area (Å²) in [5, 5.41) is 0. The Labute approximate surface area is 117 Å². The van der Waals surface area contributed by atoms with Crippen molar-refractivity contribution < 1.29 is 19.0 Å². The fourth-order valence-electron chi connectivity index (χ4n) is 1.65. The maximum atomic E-state index is 11.3. The summed E-state index contributed by atoms with van der Waals surface area (Å²) in [5.74, 6) is 0.655. The molecule has 0 aliphatic carbocycles. The van der Waals surface area contributed by atoms with Crippen LogP contribution in [0.2, 0.25) is 0 Å². The number of carbonyl (C=O) groups is 1. The molecule has 2 aromatic carbocycles. The highest BCUT2D eigenvalue weighted by Gasteiger charge is 2.05. The maximum absolute atomic E-state index is 11.3. The van der Waals surface area contributed by atoms with Crippen LogP contribution in [0, 0.1) is 0 Å². The van der Waals surface area contributed by atoms with Gasteiger partial charge in [-0.25, -0.2) is 4.79 Å². The van der Waals surface area contributed by atoms with Crippen LogP contribution in [0.25, 0.3) is 0 Å². The largest absolute Gasteiger partial charge is 0.489 e. The summed E-state index contributed by atoms with van der Waals surface area (Å²) in [7, 11) is 1.45. The van der Waals surface area contributed by atoms with Crippen LogP contribution in [-0.2, 0) is 16.1 Å². The van der Waals surface area contributed by atoms with Gasteiger partial charge in [-0.1, -0.05) is 36.4 Å². The number of ether oxygens (including phenoxy) is 3. The lowest BCUT2D eigenvalue weighted by Crippen LogP contribution is -2.14. The van der Waals surface area contributed by atoms with Crippen molar-refractivity contribution in [1.82, 2.24) is 0 Å². The monoisotopic (exact) mass is 272 g/mol. The molecule has 0 bridgehead atoms. The van der Waals surface area contributed by atoms with Gasteiger partial charge in [0.05, 0.1) is 0 Å². The highest BCUT2D eigenvalue weighted by molar-refractivity contribution is 5.73. The third kappa shape index (κ3) is 4.40. The molecule has 0 saturated carbocycles. The van der Waals surface area contributed by atoms with Gasteiger partial charge < -0.3 is 14.2 Å². The lowest BCUT2D eigenvalue weighted by molar-refractivity contribution is -0.138. The van der Waals surface area contributed by atoms with Crippen molar-refractivity contribution in [2.75, 3.05) is 13.7 Å². The van der Waals surface area contributed by atoms with Gasteiger partial charge in [-0.2, -0.15) is 0 Å². The predicted octanol–water partition coefficient (Wildman–Crippen LogP) is 2.82. The quantitative estimate of drug-likeness (QED) is 0.599. The third-order valence-electron chi connectivity index (χ3n) is 2.55.